The van der Waals surface area contributed by atoms with Crippen LogP contribution in [0.2, 0.25) is 0 Å². The van der Waals surface area contributed by atoms with Crippen molar-refractivity contribution in [1.82, 2.24) is 0 Å². The van der Waals surface area contributed by atoms with Crippen LogP contribution in [0.15, 0.2) is 79.4 Å². The van der Waals surface area contributed by atoms with Crippen molar-refractivity contribution in [3.05, 3.63) is 90.8 Å². The van der Waals surface area contributed by atoms with Crippen LogP contribution in [0.3, 0.4) is 0 Å². The van der Waals surface area contributed by atoms with E-state index in [-0.39, 0.29) is 5.82 Å². The maximum atomic E-state index is 14.7. The minimum Gasteiger partial charge on any atom is -0.490 e. The Balaban J connectivity index is 1.85. The van der Waals surface area contributed by atoms with Crippen LogP contribution < -0.4 is 4.74 Å². The van der Waals surface area contributed by atoms with E-state index in [0.717, 1.165) is 34.2 Å². The lowest BCUT2D eigenvalue weighted by Crippen LogP contribution is -1.93. The molecule has 0 aliphatic heterocycles. The Bertz CT molecular complexity index is 923. The van der Waals surface area contributed by atoms with Crippen LogP contribution in [-0.2, 0) is 6.42 Å². The molecule has 0 bridgehead atoms. The highest BCUT2D eigenvalue weighted by molar-refractivity contribution is 5.88. The molecule has 26 heavy (non-hydrogen) atoms. The summed E-state index contributed by atoms with van der Waals surface area (Å²) in [5.41, 5.74) is 2.89. The van der Waals surface area contributed by atoms with E-state index in [1.807, 2.05) is 79.7 Å². The molecule has 132 valence electrons. The summed E-state index contributed by atoms with van der Waals surface area (Å²) in [5, 5.41) is 1.58. The Hall–Kier alpha value is -2.87. The van der Waals surface area contributed by atoms with Crippen molar-refractivity contribution in [2.45, 2.75) is 19.8 Å². The Morgan fingerprint density at radius 2 is 1.77 bits per heavy atom. The molecule has 0 atom stereocenters. The van der Waals surface area contributed by atoms with Crippen molar-refractivity contribution in [2.24, 2.45) is 0 Å². The van der Waals surface area contributed by atoms with Crippen LogP contribution in [0.4, 0.5) is 4.39 Å². The van der Waals surface area contributed by atoms with Crippen LogP contribution in [0.1, 0.15) is 18.9 Å². The molecule has 2 heteroatoms. The second-order valence-corrected chi connectivity index (χ2v) is 6.21. The average molecular weight is 346 g/mol. The zero-order valence-corrected chi connectivity index (χ0v) is 15.0. The van der Waals surface area contributed by atoms with Gasteiger partial charge in [-0.25, -0.2) is 4.39 Å². The highest BCUT2D eigenvalue weighted by atomic mass is 19.1. The lowest BCUT2D eigenvalue weighted by atomic mass is 9.98. The number of hydrogen-bond acceptors (Lipinski definition) is 1. The first-order chi connectivity index (χ1) is 12.7. The number of allylic oxidation sites excluding steroid dienone is 2. The number of fused-ring (bicyclic) bond motifs is 1. The molecule has 0 radical (unpaired) electrons. The number of hydrogen-bond donors (Lipinski definition) is 0. The summed E-state index contributed by atoms with van der Waals surface area (Å²) in [6.07, 6.45) is 7.21. The summed E-state index contributed by atoms with van der Waals surface area (Å²) in [6.45, 7) is 6.24. The van der Waals surface area contributed by atoms with Crippen LogP contribution in [0, 0.1) is 5.82 Å². The molecule has 3 aromatic rings. The molecule has 0 aliphatic rings. The van der Waals surface area contributed by atoms with Crippen LogP contribution >= 0.6 is 0 Å². The van der Waals surface area contributed by atoms with Gasteiger partial charge < -0.3 is 4.74 Å². The van der Waals surface area contributed by atoms with Gasteiger partial charge in [-0.3, -0.25) is 0 Å². The molecule has 0 fully saturated rings. The van der Waals surface area contributed by atoms with Crippen LogP contribution in [0.25, 0.3) is 21.9 Å². The summed E-state index contributed by atoms with van der Waals surface area (Å²) in [5.74, 6) is 0.717. The first kappa shape index (κ1) is 17.9. The molecule has 3 aromatic carbocycles. The summed E-state index contributed by atoms with van der Waals surface area (Å²) in [7, 11) is 0. The summed E-state index contributed by atoms with van der Waals surface area (Å²) in [4.78, 5) is 0. The highest BCUT2D eigenvalue weighted by Crippen LogP contribution is 2.29. The van der Waals surface area contributed by atoms with Crippen molar-refractivity contribution >= 4 is 10.8 Å². The fourth-order valence-electron chi connectivity index (χ4n) is 2.95. The third-order valence-electron chi connectivity index (χ3n) is 4.42. The number of rotatable bonds is 7. The van der Waals surface area contributed by atoms with Gasteiger partial charge in [-0.05, 0) is 60.0 Å². The second-order valence-electron chi connectivity index (χ2n) is 6.21. The quantitative estimate of drug-likeness (QED) is 0.431. The third kappa shape index (κ3) is 4.02. The topological polar surface area (TPSA) is 9.23 Å². The van der Waals surface area contributed by atoms with Crippen molar-refractivity contribution in [3.8, 4) is 16.9 Å². The SMILES string of the molecule is C=CCCc1ccc2cc(-c3ccc(OCC=CC)cc3)ccc2c1F. The van der Waals surface area contributed by atoms with Gasteiger partial charge in [0.1, 0.15) is 18.2 Å². The molecule has 0 amide bonds. The zero-order chi connectivity index (χ0) is 18.4. The maximum absolute atomic E-state index is 14.7. The molecule has 1 nitrogen and oxygen atoms in total. The monoisotopic (exact) mass is 346 g/mol. The fourth-order valence-corrected chi connectivity index (χ4v) is 2.95. The van der Waals surface area contributed by atoms with E-state index < -0.39 is 0 Å². The van der Waals surface area contributed by atoms with E-state index in [9.17, 15) is 4.39 Å². The van der Waals surface area contributed by atoms with Gasteiger partial charge in [-0.15, -0.1) is 6.58 Å². The minimum absolute atomic E-state index is 0.122. The zero-order valence-electron chi connectivity index (χ0n) is 15.0. The molecule has 0 unspecified atom stereocenters. The Labute approximate surface area is 154 Å². The van der Waals surface area contributed by atoms with E-state index in [1.54, 1.807) is 0 Å². The van der Waals surface area contributed by atoms with Crippen molar-refractivity contribution in [3.63, 3.8) is 0 Å². The van der Waals surface area contributed by atoms with Gasteiger partial charge in [0.25, 0.3) is 0 Å². The molecule has 0 N–H and O–H groups in total. The summed E-state index contributed by atoms with van der Waals surface area (Å²) >= 11 is 0. The van der Waals surface area contributed by atoms with Crippen molar-refractivity contribution in [1.29, 1.82) is 0 Å². The number of ether oxygens (including phenoxy) is 1. The third-order valence-corrected chi connectivity index (χ3v) is 4.42. The Morgan fingerprint density at radius 1 is 1.00 bits per heavy atom. The second kappa shape index (κ2) is 8.48. The Kier molecular flexibility index (Phi) is 5.85. The van der Waals surface area contributed by atoms with Gasteiger partial charge >= 0.3 is 0 Å². The van der Waals surface area contributed by atoms with E-state index in [2.05, 4.69) is 6.58 Å². The highest BCUT2D eigenvalue weighted by Gasteiger charge is 2.08. The first-order valence-electron chi connectivity index (χ1n) is 8.89. The summed E-state index contributed by atoms with van der Waals surface area (Å²) in [6, 6.07) is 17.7. The van der Waals surface area contributed by atoms with Crippen LogP contribution in [-0.4, -0.2) is 6.61 Å². The smallest absolute Gasteiger partial charge is 0.134 e. The standard InChI is InChI=1S/C24H23FO/c1-3-5-7-19-8-9-21-17-20(12-15-23(21)24(19)25)18-10-13-22(14-11-18)26-16-6-4-2/h3-4,6,8-15,17H,1,5,7,16H2,2H3. The van der Waals surface area contributed by atoms with Crippen LogP contribution in [0.5, 0.6) is 5.75 Å². The summed E-state index contributed by atoms with van der Waals surface area (Å²) < 4.78 is 20.3. The van der Waals surface area contributed by atoms with E-state index in [4.69, 9.17) is 4.74 Å². The lowest BCUT2D eigenvalue weighted by molar-refractivity contribution is 0.363. The lowest BCUT2D eigenvalue weighted by Gasteiger charge is -2.09. The van der Waals surface area contributed by atoms with Gasteiger partial charge in [0, 0.05) is 5.39 Å². The molecule has 0 saturated carbocycles. The van der Waals surface area contributed by atoms with E-state index in [0.29, 0.717) is 18.4 Å². The predicted molar refractivity (Wildman–Crippen MR) is 108 cm³/mol. The molecular formula is C24H23FO. The number of halogens is 1. The van der Waals surface area contributed by atoms with Gasteiger partial charge in [0.15, 0.2) is 0 Å². The molecule has 0 spiro atoms. The largest absolute Gasteiger partial charge is 0.490 e. The average Bonchev–Trinajstić information content (AvgIpc) is 2.68. The normalized spacial score (nSPS) is 11.2. The minimum atomic E-state index is -0.122. The van der Waals surface area contributed by atoms with Crippen molar-refractivity contribution < 1.29 is 9.13 Å². The predicted octanol–water partition coefficient (Wildman–Crippen LogP) is 6.72. The van der Waals surface area contributed by atoms with Gasteiger partial charge in [-0.1, -0.05) is 54.6 Å². The molecular weight excluding hydrogens is 323 g/mol. The number of benzene rings is 3. The van der Waals surface area contributed by atoms with E-state index >= 15 is 0 Å². The maximum Gasteiger partial charge on any atom is 0.134 e. The Morgan fingerprint density at radius 3 is 2.50 bits per heavy atom. The van der Waals surface area contributed by atoms with Gasteiger partial charge in [0.2, 0.25) is 0 Å². The molecule has 0 saturated heterocycles. The molecule has 0 aliphatic carbocycles. The van der Waals surface area contributed by atoms with Gasteiger partial charge in [0.05, 0.1) is 0 Å². The molecule has 0 aromatic heterocycles. The number of aryl methyl sites for hydroxylation is 1. The molecule has 3 rings (SSSR count). The molecule has 0 heterocycles. The van der Waals surface area contributed by atoms with Gasteiger partial charge in [-0.2, -0.15) is 0 Å². The van der Waals surface area contributed by atoms with Crippen molar-refractivity contribution in [2.75, 3.05) is 6.61 Å². The fraction of sp³-hybridized carbons (Fsp3) is 0.167. The first-order valence-corrected chi connectivity index (χ1v) is 8.89. The van der Waals surface area contributed by atoms with E-state index in [1.165, 1.54) is 0 Å².